The van der Waals surface area contributed by atoms with E-state index < -0.39 is 0 Å². The summed E-state index contributed by atoms with van der Waals surface area (Å²) in [7, 11) is 0. The number of benzene rings is 4. The average Bonchev–Trinajstić information content (AvgIpc) is 3.53. The first-order valence-corrected chi connectivity index (χ1v) is 12.4. The zero-order valence-electron chi connectivity index (χ0n) is 22.1. The molecule has 2 aliphatic carbocycles. The second kappa shape index (κ2) is 12.2. The predicted octanol–water partition coefficient (Wildman–Crippen LogP) is 0.823. The van der Waals surface area contributed by atoms with E-state index in [1.807, 2.05) is 0 Å². The first-order chi connectivity index (χ1) is 17.0. The summed E-state index contributed by atoms with van der Waals surface area (Å²) in [6.45, 7) is 9.05. The van der Waals surface area contributed by atoms with Gasteiger partial charge in [-0.1, -0.05) is 124 Å². The summed E-state index contributed by atoms with van der Waals surface area (Å²) in [6, 6.07) is 26.3. The SMILES string of the molecule is Cc1cc2c(c(=C(c3ccccc3)c3ccccc3)c1)=c1c(C)c(C)c(C)c(C3=CC=CC3)c1=[C-]2.[Cl-].[Cl-].[Zr+3]. The van der Waals surface area contributed by atoms with Crippen molar-refractivity contribution in [1.29, 1.82) is 0 Å². The van der Waals surface area contributed by atoms with Gasteiger partial charge in [0, 0.05) is 0 Å². The molecule has 0 saturated carbocycles. The Balaban J connectivity index is 0.00000133. The summed E-state index contributed by atoms with van der Waals surface area (Å²) in [4.78, 5) is 0. The summed E-state index contributed by atoms with van der Waals surface area (Å²) in [5, 5.41) is 5.23. The quantitative estimate of drug-likeness (QED) is 0.265. The molecule has 0 amide bonds. The van der Waals surface area contributed by atoms with Crippen LogP contribution in [0.15, 0.2) is 91.0 Å². The number of fused-ring (bicyclic) bond motifs is 2. The summed E-state index contributed by atoms with van der Waals surface area (Å²) in [6.07, 6.45) is 11.6. The summed E-state index contributed by atoms with van der Waals surface area (Å²) < 4.78 is 0. The van der Waals surface area contributed by atoms with Crippen LogP contribution in [0.25, 0.3) is 17.2 Å². The minimum atomic E-state index is 0. The topological polar surface area (TPSA) is 0 Å². The molecule has 0 heterocycles. The van der Waals surface area contributed by atoms with Crippen LogP contribution in [0.5, 0.6) is 0 Å². The Hall–Kier alpha value is -2.44. The van der Waals surface area contributed by atoms with Crippen molar-refractivity contribution in [2.45, 2.75) is 34.1 Å². The molecule has 0 spiro atoms. The van der Waals surface area contributed by atoms with Crippen LogP contribution in [0.1, 0.15) is 50.9 Å². The second-order valence-electron chi connectivity index (χ2n) is 9.79. The van der Waals surface area contributed by atoms with Crippen molar-refractivity contribution >= 4 is 17.2 Å². The maximum absolute atomic E-state index is 3.89. The van der Waals surface area contributed by atoms with Crippen LogP contribution in [0.3, 0.4) is 0 Å². The van der Waals surface area contributed by atoms with E-state index in [0.29, 0.717) is 0 Å². The van der Waals surface area contributed by atoms with E-state index in [0.717, 1.165) is 6.42 Å². The Bertz CT molecular complexity index is 1740. The fourth-order valence-electron chi connectivity index (χ4n) is 5.80. The molecule has 38 heavy (non-hydrogen) atoms. The van der Waals surface area contributed by atoms with Crippen LogP contribution >= 0.6 is 0 Å². The van der Waals surface area contributed by atoms with Crippen molar-refractivity contribution < 1.29 is 51.0 Å². The third-order valence-corrected chi connectivity index (χ3v) is 7.65. The van der Waals surface area contributed by atoms with Gasteiger partial charge >= 0.3 is 26.2 Å². The second-order valence-corrected chi connectivity index (χ2v) is 9.79. The van der Waals surface area contributed by atoms with E-state index in [1.165, 1.54) is 76.5 Å². The monoisotopic (exact) mass is 609 g/mol. The predicted molar refractivity (Wildman–Crippen MR) is 147 cm³/mol. The van der Waals surface area contributed by atoms with Gasteiger partial charge in [-0.05, 0) is 50.8 Å². The number of hydrogen-bond acceptors (Lipinski definition) is 0. The van der Waals surface area contributed by atoms with Gasteiger partial charge in [-0.3, -0.25) is 0 Å². The molecule has 0 N–H and O–H groups in total. The normalized spacial score (nSPS) is 12.3. The standard InChI is InChI=1S/C35H29.2ClH.Zr/c1-22-19-29-21-31-32(26-17-11-12-18-26)24(3)23(2)25(4)33(31)35(29)30(20-22)34(27-13-7-5-8-14-27)28-15-9-6-10-16-28;;;/h5-17,19-20H,18H2,1-4H3;2*1H;/q-1;;;+3/p-2. The van der Waals surface area contributed by atoms with Gasteiger partial charge in [-0.25, -0.2) is 0 Å². The molecule has 0 bridgehead atoms. The van der Waals surface area contributed by atoms with Gasteiger partial charge in [0.25, 0.3) is 0 Å². The van der Waals surface area contributed by atoms with Crippen molar-refractivity contribution in [1.82, 2.24) is 0 Å². The van der Waals surface area contributed by atoms with Gasteiger partial charge in [0.15, 0.2) is 0 Å². The number of halogens is 2. The molecule has 4 aromatic rings. The average molecular weight is 612 g/mol. The third kappa shape index (κ3) is 4.98. The Morgan fingerprint density at radius 1 is 0.711 bits per heavy atom. The number of hydrogen-bond donors (Lipinski definition) is 0. The zero-order valence-corrected chi connectivity index (χ0v) is 26.1. The molecular formula is C35H29Cl2Zr. The van der Waals surface area contributed by atoms with Crippen LogP contribution in [0.2, 0.25) is 0 Å². The summed E-state index contributed by atoms with van der Waals surface area (Å²) in [5.74, 6) is 0. The number of aryl methyl sites for hydroxylation is 1. The summed E-state index contributed by atoms with van der Waals surface area (Å²) in [5.41, 5.74) is 13.1. The fraction of sp³-hybridized carbons (Fsp3) is 0.143. The van der Waals surface area contributed by atoms with E-state index >= 15 is 0 Å². The molecule has 0 fully saturated rings. The maximum Gasteiger partial charge on any atom is 3.00 e. The number of allylic oxidation sites excluding steroid dienone is 4. The molecule has 0 nitrogen and oxygen atoms in total. The van der Waals surface area contributed by atoms with Crippen molar-refractivity contribution in [3.63, 3.8) is 0 Å². The molecule has 0 saturated heterocycles. The zero-order chi connectivity index (χ0) is 24.1. The van der Waals surface area contributed by atoms with Crippen molar-refractivity contribution in [3.8, 4) is 0 Å². The molecule has 0 aliphatic heterocycles. The van der Waals surface area contributed by atoms with Crippen LogP contribution in [-0.4, -0.2) is 0 Å². The Morgan fingerprint density at radius 2 is 1.32 bits per heavy atom. The minimum Gasteiger partial charge on any atom is -1.00 e. The Morgan fingerprint density at radius 3 is 1.87 bits per heavy atom. The van der Waals surface area contributed by atoms with Gasteiger partial charge in [-0.15, -0.1) is 33.4 Å². The molecule has 4 aromatic carbocycles. The van der Waals surface area contributed by atoms with Crippen LogP contribution in [-0.2, 0) is 26.2 Å². The molecule has 1 radical (unpaired) electrons. The molecule has 3 heteroatoms. The van der Waals surface area contributed by atoms with E-state index in [4.69, 9.17) is 0 Å². The fourth-order valence-corrected chi connectivity index (χ4v) is 5.80. The van der Waals surface area contributed by atoms with E-state index in [9.17, 15) is 0 Å². The molecule has 6 rings (SSSR count). The smallest absolute Gasteiger partial charge is 1.00 e. The van der Waals surface area contributed by atoms with Crippen LogP contribution < -0.4 is 35.3 Å². The van der Waals surface area contributed by atoms with E-state index in [2.05, 4.69) is 125 Å². The van der Waals surface area contributed by atoms with E-state index in [1.54, 1.807) is 0 Å². The Kier molecular flexibility index (Phi) is 9.64. The third-order valence-electron chi connectivity index (χ3n) is 7.65. The van der Waals surface area contributed by atoms with Crippen LogP contribution in [0.4, 0.5) is 0 Å². The van der Waals surface area contributed by atoms with Gasteiger partial charge in [-0.2, -0.15) is 0 Å². The van der Waals surface area contributed by atoms with Gasteiger partial charge in [0.2, 0.25) is 0 Å². The van der Waals surface area contributed by atoms with Crippen molar-refractivity contribution in [2.24, 2.45) is 0 Å². The first kappa shape index (κ1) is 30.1. The largest absolute Gasteiger partial charge is 3.00 e. The van der Waals surface area contributed by atoms with E-state index in [-0.39, 0.29) is 51.0 Å². The maximum atomic E-state index is 3.89. The molecule has 0 atom stereocenters. The first-order valence-electron chi connectivity index (χ1n) is 12.4. The number of rotatable bonds is 3. The van der Waals surface area contributed by atoms with Crippen molar-refractivity contribution in [3.05, 3.63) is 156 Å². The summed E-state index contributed by atoms with van der Waals surface area (Å²) >= 11 is 0. The van der Waals surface area contributed by atoms with Gasteiger partial charge < -0.3 is 24.8 Å². The van der Waals surface area contributed by atoms with Gasteiger partial charge in [0.05, 0.1) is 0 Å². The molecule has 0 unspecified atom stereocenters. The molecule has 187 valence electrons. The minimum absolute atomic E-state index is 0. The van der Waals surface area contributed by atoms with Crippen molar-refractivity contribution in [2.75, 3.05) is 0 Å². The van der Waals surface area contributed by atoms with Crippen LogP contribution in [0, 0.1) is 38.1 Å². The molecule has 0 aromatic heterocycles. The van der Waals surface area contributed by atoms with Gasteiger partial charge in [0.1, 0.15) is 0 Å². The Labute approximate surface area is 257 Å². The molecular weight excluding hydrogens is 583 g/mol. The molecule has 2 aliphatic rings.